The Morgan fingerprint density at radius 1 is 1.40 bits per heavy atom. The van der Waals surface area contributed by atoms with E-state index in [4.69, 9.17) is 0 Å². The van der Waals surface area contributed by atoms with Crippen LogP contribution in [0.3, 0.4) is 0 Å². The molecular weight excluding hydrogens is 269 g/mol. The maximum atomic E-state index is 12.8. The molecule has 1 aromatic carbocycles. The normalized spacial score (nSPS) is 19.2. The molecule has 0 bridgehead atoms. The molecule has 1 N–H and O–H groups in total. The predicted octanol–water partition coefficient (Wildman–Crippen LogP) is 3.23. The van der Waals surface area contributed by atoms with Crippen molar-refractivity contribution in [2.75, 3.05) is 25.5 Å². The number of amides is 1. The molecule has 0 spiro atoms. The Labute approximate surface area is 115 Å². The third kappa shape index (κ3) is 2.89. The average Bonchev–Trinajstić information content (AvgIpc) is 2.82. The maximum Gasteiger partial charge on any atom is 0.416 e. The number of nitrogens with one attached hydrogen (secondary N) is 1. The monoisotopic (exact) mass is 286 g/mol. The van der Waals surface area contributed by atoms with E-state index in [0.717, 1.165) is 18.6 Å². The molecular formula is C14H17F3N2O. The molecule has 2 rings (SSSR count). The summed E-state index contributed by atoms with van der Waals surface area (Å²) in [6.45, 7) is 3.22. The molecule has 0 aliphatic carbocycles. The predicted molar refractivity (Wildman–Crippen MR) is 70.7 cm³/mol. The van der Waals surface area contributed by atoms with Crippen LogP contribution in [0, 0.1) is 5.92 Å². The van der Waals surface area contributed by atoms with Crippen LogP contribution in [-0.4, -0.2) is 30.9 Å². The van der Waals surface area contributed by atoms with Crippen LogP contribution < -0.4 is 5.32 Å². The summed E-state index contributed by atoms with van der Waals surface area (Å²) in [6, 6.07) is 3.21. The Morgan fingerprint density at radius 3 is 2.60 bits per heavy atom. The fourth-order valence-corrected chi connectivity index (χ4v) is 2.41. The first-order valence-electron chi connectivity index (χ1n) is 6.51. The number of anilines is 1. The van der Waals surface area contributed by atoms with Crippen LogP contribution >= 0.6 is 0 Å². The summed E-state index contributed by atoms with van der Waals surface area (Å²) in [7, 11) is 1.59. The van der Waals surface area contributed by atoms with Crippen LogP contribution in [0.2, 0.25) is 0 Å². The van der Waals surface area contributed by atoms with Gasteiger partial charge in [0.15, 0.2) is 0 Å². The molecule has 1 aliphatic rings. The lowest BCUT2D eigenvalue weighted by atomic mass is 10.1. The van der Waals surface area contributed by atoms with Crippen molar-refractivity contribution in [1.29, 1.82) is 0 Å². The number of likely N-dealkylation sites (tertiary alicyclic amines) is 1. The summed E-state index contributed by atoms with van der Waals surface area (Å²) < 4.78 is 38.3. The quantitative estimate of drug-likeness (QED) is 0.905. The standard InChI is InChI=1S/C14H17F3N2O/c1-9-5-6-19(8-9)13(20)11-7-10(14(15,16)17)3-4-12(11)18-2/h3-4,7,9,18H,5-6,8H2,1-2H3. The number of rotatable bonds is 2. The molecule has 1 saturated heterocycles. The van der Waals surface area contributed by atoms with Crippen molar-refractivity contribution < 1.29 is 18.0 Å². The highest BCUT2D eigenvalue weighted by molar-refractivity contribution is 6.00. The van der Waals surface area contributed by atoms with Crippen LogP contribution in [0.15, 0.2) is 18.2 Å². The van der Waals surface area contributed by atoms with Gasteiger partial charge in [-0.1, -0.05) is 6.92 Å². The Balaban J connectivity index is 2.35. The van der Waals surface area contributed by atoms with Gasteiger partial charge >= 0.3 is 6.18 Å². The molecule has 1 aromatic rings. The second kappa shape index (κ2) is 5.34. The van der Waals surface area contributed by atoms with E-state index < -0.39 is 11.7 Å². The molecule has 0 saturated carbocycles. The van der Waals surface area contributed by atoms with Gasteiger partial charge in [0.05, 0.1) is 11.1 Å². The lowest BCUT2D eigenvalue weighted by Crippen LogP contribution is -2.29. The minimum absolute atomic E-state index is 0.0800. The van der Waals surface area contributed by atoms with Crippen LogP contribution in [0.4, 0.5) is 18.9 Å². The number of alkyl halides is 3. The van der Waals surface area contributed by atoms with E-state index in [2.05, 4.69) is 5.32 Å². The number of halogens is 3. The van der Waals surface area contributed by atoms with Crippen molar-refractivity contribution in [3.8, 4) is 0 Å². The minimum atomic E-state index is -4.44. The van der Waals surface area contributed by atoms with E-state index >= 15 is 0 Å². The van der Waals surface area contributed by atoms with E-state index in [0.29, 0.717) is 24.7 Å². The number of carbonyl (C=O) groups excluding carboxylic acids is 1. The molecule has 3 nitrogen and oxygen atoms in total. The van der Waals surface area contributed by atoms with Crippen molar-refractivity contribution >= 4 is 11.6 Å². The molecule has 0 radical (unpaired) electrons. The molecule has 1 amide bonds. The summed E-state index contributed by atoms with van der Waals surface area (Å²) in [4.78, 5) is 14.0. The van der Waals surface area contributed by atoms with Gasteiger partial charge in [-0.2, -0.15) is 13.2 Å². The van der Waals surface area contributed by atoms with Crippen molar-refractivity contribution in [1.82, 2.24) is 4.90 Å². The first-order valence-corrected chi connectivity index (χ1v) is 6.51. The van der Waals surface area contributed by atoms with Gasteiger partial charge in [-0.3, -0.25) is 4.79 Å². The largest absolute Gasteiger partial charge is 0.416 e. The zero-order valence-corrected chi connectivity index (χ0v) is 11.4. The minimum Gasteiger partial charge on any atom is -0.387 e. The maximum absolute atomic E-state index is 12.8. The average molecular weight is 286 g/mol. The fraction of sp³-hybridized carbons (Fsp3) is 0.500. The Hall–Kier alpha value is -1.72. The zero-order chi connectivity index (χ0) is 14.9. The van der Waals surface area contributed by atoms with Crippen LogP contribution in [0.1, 0.15) is 29.3 Å². The van der Waals surface area contributed by atoms with Gasteiger partial charge in [0.1, 0.15) is 0 Å². The zero-order valence-electron chi connectivity index (χ0n) is 11.4. The highest BCUT2D eigenvalue weighted by Crippen LogP contribution is 2.32. The number of nitrogens with zero attached hydrogens (tertiary/aromatic N) is 1. The van der Waals surface area contributed by atoms with Gasteiger partial charge < -0.3 is 10.2 Å². The number of hydrogen-bond donors (Lipinski definition) is 1. The van der Waals surface area contributed by atoms with Gasteiger partial charge in [0.25, 0.3) is 5.91 Å². The van der Waals surface area contributed by atoms with E-state index in [1.165, 1.54) is 6.07 Å². The molecule has 110 valence electrons. The lowest BCUT2D eigenvalue weighted by Gasteiger charge is -2.19. The van der Waals surface area contributed by atoms with E-state index in [1.54, 1.807) is 11.9 Å². The third-order valence-electron chi connectivity index (χ3n) is 3.56. The van der Waals surface area contributed by atoms with Crippen molar-refractivity contribution in [2.45, 2.75) is 19.5 Å². The van der Waals surface area contributed by atoms with Gasteiger partial charge in [0, 0.05) is 25.8 Å². The molecule has 20 heavy (non-hydrogen) atoms. The van der Waals surface area contributed by atoms with E-state index in [-0.39, 0.29) is 11.5 Å². The van der Waals surface area contributed by atoms with E-state index in [9.17, 15) is 18.0 Å². The van der Waals surface area contributed by atoms with E-state index in [1.807, 2.05) is 6.92 Å². The van der Waals surface area contributed by atoms with Crippen molar-refractivity contribution in [3.05, 3.63) is 29.3 Å². The van der Waals surface area contributed by atoms with Gasteiger partial charge in [-0.25, -0.2) is 0 Å². The summed E-state index contributed by atoms with van der Waals surface area (Å²) in [6.07, 6.45) is -3.56. The molecule has 1 fully saturated rings. The van der Waals surface area contributed by atoms with Gasteiger partial charge in [0.2, 0.25) is 0 Å². The summed E-state index contributed by atoms with van der Waals surface area (Å²) >= 11 is 0. The second-order valence-corrected chi connectivity index (χ2v) is 5.15. The molecule has 0 aromatic heterocycles. The molecule has 1 heterocycles. The lowest BCUT2D eigenvalue weighted by molar-refractivity contribution is -0.137. The van der Waals surface area contributed by atoms with Crippen molar-refractivity contribution in [2.24, 2.45) is 5.92 Å². The molecule has 6 heteroatoms. The summed E-state index contributed by atoms with van der Waals surface area (Å²) in [5, 5.41) is 2.77. The fourth-order valence-electron chi connectivity index (χ4n) is 2.41. The summed E-state index contributed by atoms with van der Waals surface area (Å²) in [5.41, 5.74) is -0.300. The summed E-state index contributed by atoms with van der Waals surface area (Å²) in [5.74, 6) is 0.0487. The van der Waals surface area contributed by atoms with Crippen LogP contribution in [0.5, 0.6) is 0 Å². The molecule has 1 aliphatic heterocycles. The van der Waals surface area contributed by atoms with Crippen LogP contribution in [0.25, 0.3) is 0 Å². The number of hydrogen-bond acceptors (Lipinski definition) is 2. The Morgan fingerprint density at radius 2 is 2.10 bits per heavy atom. The van der Waals surface area contributed by atoms with Gasteiger partial charge in [-0.15, -0.1) is 0 Å². The smallest absolute Gasteiger partial charge is 0.387 e. The highest BCUT2D eigenvalue weighted by atomic mass is 19.4. The molecule has 1 unspecified atom stereocenters. The first-order chi connectivity index (χ1) is 9.32. The molecule has 1 atom stereocenters. The number of carbonyl (C=O) groups is 1. The highest BCUT2D eigenvalue weighted by Gasteiger charge is 2.33. The topological polar surface area (TPSA) is 32.3 Å². The van der Waals surface area contributed by atoms with Gasteiger partial charge in [-0.05, 0) is 30.5 Å². The first kappa shape index (κ1) is 14.7. The Kier molecular flexibility index (Phi) is 3.92. The number of benzene rings is 1. The van der Waals surface area contributed by atoms with Crippen LogP contribution in [-0.2, 0) is 6.18 Å². The third-order valence-corrected chi connectivity index (χ3v) is 3.56. The van der Waals surface area contributed by atoms with Crippen molar-refractivity contribution in [3.63, 3.8) is 0 Å². The Bertz CT molecular complexity index is 514. The SMILES string of the molecule is CNc1ccc(C(F)(F)F)cc1C(=O)N1CCC(C)C1. The second-order valence-electron chi connectivity index (χ2n) is 5.15.